The molecule has 1 heterocycles. The fourth-order valence-corrected chi connectivity index (χ4v) is 11.9. The summed E-state index contributed by atoms with van der Waals surface area (Å²) in [5.41, 5.74) is 11.7. The van der Waals surface area contributed by atoms with Crippen LogP contribution in [0.4, 0.5) is 17.1 Å². The lowest BCUT2D eigenvalue weighted by molar-refractivity contribution is 1.18. The maximum Gasteiger partial charge on any atom is 0.0541 e. The SMILES string of the molecule is c1ccc(-n2c3ccccc3c3cc(-c4ccc(N(c5ccc(-c6cccc7ccccc67)cc5)c5cc6ccc7cccc8c9cccc%10ccc%11cccc(c(c5)c6c78)c%11c%109)cc4)ccc32)cc1. The van der Waals surface area contributed by atoms with E-state index in [1.807, 2.05) is 0 Å². The molecule has 324 valence electrons. The minimum Gasteiger partial charge on any atom is -0.310 e. The Labute approximate surface area is 404 Å². The number of fused-ring (bicyclic) bond motifs is 6. The van der Waals surface area contributed by atoms with Gasteiger partial charge in [0.05, 0.1) is 11.0 Å². The van der Waals surface area contributed by atoms with Crippen LogP contribution in [0.15, 0.2) is 255 Å². The zero-order chi connectivity index (χ0) is 45.9. The van der Waals surface area contributed by atoms with E-state index in [1.54, 1.807) is 0 Å². The molecular weight excluding hydrogens is 845 g/mol. The molecule has 0 aliphatic rings. The average Bonchev–Trinajstić information content (AvgIpc) is 3.76. The Morgan fingerprint density at radius 3 is 1.41 bits per heavy atom. The highest BCUT2D eigenvalue weighted by atomic mass is 15.1. The molecule has 0 fully saturated rings. The maximum atomic E-state index is 2.46. The second-order valence-electron chi connectivity index (χ2n) is 18.8. The Bertz CT molecular complexity index is 4550. The topological polar surface area (TPSA) is 8.17 Å². The van der Waals surface area contributed by atoms with Crippen LogP contribution < -0.4 is 4.90 Å². The first-order valence-corrected chi connectivity index (χ1v) is 24.2. The van der Waals surface area contributed by atoms with Gasteiger partial charge in [0.1, 0.15) is 0 Å². The van der Waals surface area contributed by atoms with Gasteiger partial charge in [0.25, 0.3) is 0 Å². The number of rotatable bonds is 6. The third-order valence-corrected chi connectivity index (χ3v) is 15.0. The summed E-state index contributed by atoms with van der Waals surface area (Å²) in [6.45, 7) is 0. The molecule has 0 saturated heterocycles. The maximum absolute atomic E-state index is 2.46. The van der Waals surface area contributed by atoms with E-state index in [0.29, 0.717) is 0 Å². The molecule has 0 unspecified atom stereocenters. The zero-order valence-corrected chi connectivity index (χ0v) is 38.1. The highest BCUT2D eigenvalue weighted by Crippen LogP contribution is 2.47. The van der Waals surface area contributed by atoms with E-state index in [1.165, 1.54) is 119 Å². The van der Waals surface area contributed by atoms with Crippen molar-refractivity contribution in [1.82, 2.24) is 4.57 Å². The number of anilines is 3. The van der Waals surface area contributed by atoms with Gasteiger partial charge >= 0.3 is 0 Å². The van der Waals surface area contributed by atoms with Gasteiger partial charge in [-0.3, -0.25) is 0 Å². The van der Waals surface area contributed by atoms with Gasteiger partial charge < -0.3 is 9.47 Å². The fraction of sp³-hybridized carbons (Fsp3) is 0. The van der Waals surface area contributed by atoms with Gasteiger partial charge in [-0.15, -0.1) is 0 Å². The van der Waals surface area contributed by atoms with Crippen molar-refractivity contribution in [3.63, 3.8) is 0 Å². The molecule has 2 heteroatoms. The van der Waals surface area contributed by atoms with Crippen molar-refractivity contribution in [3.05, 3.63) is 255 Å². The second-order valence-corrected chi connectivity index (χ2v) is 18.8. The Hall–Kier alpha value is -9.24. The van der Waals surface area contributed by atoms with Gasteiger partial charge in [-0.2, -0.15) is 0 Å². The highest BCUT2D eigenvalue weighted by Gasteiger charge is 2.21. The van der Waals surface area contributed by atoms with Gasteiger partial charge in [0.15, 0.2) is 0 Å². The molecule has 0 radical (unpaired) electrons. The van der Waals surface area contributed by atoms with Crippen LogP contribution in [0, 0.1) is 0 Å². The third kappa shape index (κ3) is 5.81. The van der Waals surface area contributed by atoms with Crippen LogP contribution in [-0.2, 0) is 0 Å². The summed E-state index contributed by atoms with van der Waals surface area (Å²) in [6.07, 6.45) is 0. The Kier molecular flexibility index (Phi) is 8.39. The molecule has 0 atom stereocenters. The van der Waals surface area contributed by atoms with Crippen LogP contribution >= 0.6 is 0 Å². The van der Waals surface area contributed by atoms with Crippen molar-refractivity contribution in [1.29, 1.82) is 0 Å². The fourth-order valence-electron chi connectivity index (χ4n) is 11.9. The first kappa shape index (κ1) is 38.8. The van der Waals surface area contributed by atoms with Gasteiger partial charge in [-0.25, -0.2) is 0 Å². The summed E-state index contributed by atoms with van der Waals surface area (Å²) in [7, 11) is 0. The molecule has 0 N–H and O–H groups in total. The summed E-state index contributed by atoms with van der Waals surface area (Å²) >= 11 is 0. The molecule has 14 aromatic carbocycles. The number of hydrogen-bond acceptors (Lipinski definition) is 1. The van der Waals surface area contributed by atoms with Crippen LogP contribution in [0.5, 0.6) is 0 Å². The summed E-state index contributed by atoms with van der Waals surface area (Å²) in [5, 5.41) is 20.3. The van der Waals surface area contributed by atoms with Gasteiger partial charge in [-0.05, 0) is 164 Å². The molecular formula is C68H42N2. The minimum atomic E-state index is 1.09. The van der Waals surface area contributed by atoms with E-state index in [9.17, 15) is 0 Å². The minimum absolute atomic E-state index is 1.09. The van der Waals surface area contributed by atoms with Crippen LogP contribution in [0.3, 0.4) is 0 Å². The zero-order valence-electron chi connectivity index (χ0n) is 38.1. The number of aromatic nitrogens is 1. The van der Waals surface area contributed by atoms with Crippen molar-refractivity contribution < 1.29 is 0 Å². The van der Waals surface area contributed by atoms with Gasteiger partial charge in [-0.1, -0.05) is 188 Å². The van der Waals surface area contributed by atoms with Gasteiger partial charge in [0, 0.05) is 33.5 Å². The van der Waals surface area contributed by atoms with Crippen molar-refractivity contribution in [3.8, 4) is 27.9 Å². The predicted octanol–water partition coefficient (Wildman–Crippen LogP) is 19.1. The molecule has 0 amide bonds. The largest absolute Gasteiger partial charge is 0.310 e. The quantitative estimate of drug-likeness (QED) is 0.151. The lowest BCUT2D eigenvalue weighted by Gasteiger charge is -2.27. The first-order valence-electron chi connectivity index (χ1n) is 24.2. The number of para-hydroxylation sites is 2. The second kappa shape index (κ2) is 15.1. The van der Waals surface area contributed by atoms with Crippen LogP contribution in [0.25, 0.3) is 125 Å². The Morgan fingerprint density at radius 2 is 0.729 bits per heavy atom. The molecule has 0 spiro atoms. The molecule has 0 saturated carbocycles. The lowest BCUT2D eigenvalue weighted by Crippen LogP contribution is -2.10. The van der Waals surface area contributed by atoms with Crippen molar-refractivity contribution in [2.24, 2.45) is 0 Å². The van der Waals surface area contributed by atoms with E-state index in [4.69, 9.17) is 0 Å². The number of benzene rings is 13. The van der Waals surface area contributed by atoms with E-state index in [0.717, 1.165) is 22.7 Å². The molecule has 0 aliphatic heterocycles. The normalized spacial score (nSPS) is 12.0. The molecule has 0 aliphatic carbocycles. The van der Waals surface area contributed by atoms with E-state index in [2.05, 4.69) is 264 Å². The van der Waals surface area contributed by atoms with Crippen LogP contribution in [0.1, 0.15) is 0 Å². The summed E-state index contributed by atoms with van der Waals surface area (Å²) in [5.74, 6) is 0. The number of nitrogens with zero attached hydrogens (tertiary/aromatic N) is 2. The Balaban J connectivity index is 0.951. The molecule has 1 aromatic heterocycles. The summed E-state index contributed by atoms with van der Waals surface area (Å²) in [4.78, 5) is 2.45. The average molecular weight is 887 g/mol. The van der Waals surface area contributed by atoms with Crippen LogP contribution in [0.2, 0.25) is 0 Å². The standard InChI is InChI=1S/C68H42N2/c1-2-17-51(18-3-1)70-63-25-7-6-20-57(63)61-41-49(34-39-64(61)70)43-30-35-52(36-31-43)69(53-37-32-45(33-38-53)56-21-8-13-44-12-4-5-19-55(44)56)54-40-50-29-28-48-15-10-23-59-58-22-9-14-46-26-27-47-16-11-24-60(67(47)65(46)58)62(42-54)68(50)66(48)59/h1-42H. The summed E-state index contributed by atoms with van der Waals surface area (Å²) in [6, 6.07) is 94.6. The third-order valence-electron chi connectivity index (χ3n) is 15.0. The first-order chi connectivity index (χ1) is 34.7. The predicted molar refractivity (Wildman–Crippen MR) is 300 cm³/mol. The summed E-state index contributed by atoms with van der Waals surface area (Å²) < 4.78 is 2.38. The molecule has 15 aromatic rings. The number of hydrogen-bond donors (Lipinski definition) is 0. The molecule has 70 heavy (non-hydrogen) atoms. The smallest absolute Gasteiger partial charge is 0.0541 e. The van der Waals surface area contributed by atoms with Crippen LogP contribution in [-0.4, -0.2) is 4.57 Å². The lowest BCUT2D eigenvalue weighted by atomic mass is 9.87. The van der Waals surface area contributed by atoms with Gasteiger partial charge in [0.2, 0.25) is 0 Å². The van der Waals surface area contributed by atoms with E-state index < -0.39 is 0 Å². The molecule has 15 rings (SSSR count). The molecule has 2 nitrogen and oxygen atoms in total. The highest BCUT2D eigenvalue weighted by molar-refractivity contribution is 6.37. The van der Waals surface area contributed by atoms with Crippen molar-refractivity contribution in [2.75, 3.05) is 4.90 Å². The van der Waals surface area contributed by atoms with E-state index in [-0.39, 0.29) is 0 Å². The molecule has 0 bridgehead atoms. The van der Waals surface area contributed by atoms with Crippen molar-refractivity contribution >= 4 is 114 Å². The monoisotopic (exact) mass is 886 g/mol. The Morgan fingerprint density at radius 1 is 0.243 bits per heavy atom. The van der Waals surface area contributed by atoms with E-state index >= 15 is 0 Å². The van der Waals surface area contributed by atoms with Crippen molar-refractivity contribution in [2.45, 2.75) is 0 Å².